The molecule has 0 spiro atoms. The molecule has 0 atom stereocenters. The van der Waals surface area contributed by atoms with Crippen molar-refractivity contribution in [2.24, 2.45) is 16.5 Å². The fourth-order valence-electron chi connectivity index (χ4n) is 3.47. The number of guanidine groups is 1. The summed E-state index contributed by atoms with van der Waals surface area (Å²) in [7, 11) is -2.33. The molecule has 0 amide bonds. The molecular formula is C25H48N4O3S. The van der Waals surface area contributed by atoms with Gasteiger partial charge in [-0.25, -0.2) is 13.1 Å². The van der Waals surface area contributed by atoms with Crippen molar-refractivity contribution < 1.29 is 13.2 Å². The molecule has 0 unspecified atom stereocenters. The molecule has 2 rings (SSSR count). The average Bonchev–Trinajstić information content (AvgIpc) is 3.12. The van der Waals surface area contributed by atoms with Crippen molar-refractivity contribution in [3.63, 3.8) is 0 Å². The van der Waals surface area contributed by atoms with E-state index in [1.54, 1.807) is 6.92 Å². The Balaban J connectivity index is 0. The Morgan fingerprint density at radius 1 is 1.09 bits per heavy atom. The maximum Gasteiger partial charge on any atom is 0.264 e. The Kier molecular flexibility index (Phi) is 15.8. The average molecular weight is 485 g/mol. The first-order chi connectivity index (χ1) is 15.5. The second-order valence-corrected chi connectivity index (χ2v) is 9.33. The molecule has 0 saturated heterocycles. The lowest BCUT2D eigenvalue weighted by Crippen LogP contribution is -2.37. The number of hydrogen-bond acceptors (Lipinski definition) is 5. The van der Waals surface area contributed by atoms with Crippen LogP contribution in [-0.2, 0) is 16.4 Å². The van der Waals surface area contributed by atoms with Crippen LogP contribution in [0.25, 0.3) is 0 Å². The molecule has 0 aromatic heterocycles. The Labute approximate surface area is 203 Å². The van der Waals surface area contributed by atoms with E-state index in [1.807, 2.05) is 61.5 Å². The van der Waals surface area contributed by atoms with Crippen LogP contribution < -0.4 is 20.9 Å². The number of rotatable bonds is 7. The molecule has 0 radical (unpaired) electrons. The Morgan fingerprint density at radius 3 is 2.15 bits per heavy atom. The van der Waals surface area contributed by atoms with E-state index in [1.165, 1.54) is 7.05 Å². The third kappa shape index (κ3) is 9.37. The zero-order valence-corrected chi connectivity index (χ0v) is 23.4. The van der Waals surface area contributed by atoms with E-state index >= 15 is 0 Å². The van der Waals surface area contributed by atoms with Crippen molar-refractivity contribution in [1.29, 1.82) is 0 Å². The van der Waals surface area contributed by atoms with Crippen LogP contribution in [0.2, 0.25) is 0 Å². The second-order valence-electron chi connectivity index (χ2n) is 7.71. The molecule has 1 aromatic carbocycles. The highest BCUT2D eigenvalue weighted by Gasteiger charge is 2.36. The van der Waals surface area contributed by atoms with E-state index in [0.29, 0.717) is 24.1 Å². The number of fused-ring (bicyclic) bond motifs is 1. The fraction of sp³-hybridized carbons (Fsp3) is 0.640. The Morgan fingerprint density at radius 2 is 1.64 bits per heavy atom. The number of sulfonamides is 1. The lowest BCUT2D eigenvalue weighted by atomic mass is 9.94. The smallest absolute Gasteiger partial charge is 0.264 e. The molecule has 1 aliphatic rings. The van der Waals surface area contributed by atoms with Crippen molar-refractivity contribution >= 4 is 16.0 Å². The van der Waals surface area contributed by atoms with Gasteiger partial charge in [-0.2, -0.15) is 0 Å². The number of unbranched alkanes of at least 4 members (excludes halogenated alkanes) is 2. The zero-order chi connectivity index (χ0) is 26.4. The van der Waals surface area contributed by atoms with Gasteiger partial charge in [0.05, 0.1) is 4.90 Å². The quantitative estimate of drug-likeness (QED) is 0.220. The van der Waals surface area contributed by atoms with Gasteiger partial charge in [-0.1, -0.05) is 33.8 Å². The molecule has 8 heteroatoms. The number of hydrogen-bond donors (Lipinski definition) is 3. The highest BCUT2D eigenvalue weighted by atomic mass is 32.2. The Bertz CT molecular complexity index is 876. The van der Waals surface area contributed by atoms with Crippen LogP contribution in [0.1, 0.15) is 83.1 Å². The van der Waals surface area contributed by atoms with Gasteiger partial charge < -0.3 is 16.2 Å². The molecule has 33 heavy (non-hydrogen) atoms. The van der Waals surface area contributed by atoms with E-state index in [9.17, 15) is 8.42 Å². The fourth-order valence-corrected chi connectivity index (χ4v) is 4.99. The van der Waals surface area contributed by atoms with Gasteiger partial charge in [-0.3, -0.25) is 4.99 Å². The number of ether oxygens (including phenoxy) is 1. The summed E-state index contributed by atoms with van der Waals surface area (Å²) in [6, 6.07) is 0. The molecule has 7 nitrogen and oxygen atoms in total. The first kappa shape index (κ1) is 33.1. The Hall–Kier alpha value is -2.06. The first-order valence-corrected chi connectivity index (χ1v) is 13.3. The predicted molar refractivity (Wildman–Crippen MR) is 143 cm³/mol. The van der Waals surface area contributed by atoms with Gasteiger partial charge in [-0.15, -0.1) is 6.58 Å². The van der Waals surface area contributed by atoms with Gasteiger partial charge >= 0.3 is 0 Å². The van der Waals surface area contributed by atoms with Gasteiger partial charge in [0.2, 0.25) is 5.96 Å². The van der Waals surface area contributed by atoms with Gasteiger partial charge in [0.15, 0.2) is 0 Å². The maximum atomic E-state index is 13.0. The minimum absolute atomic E-state index is 0.0814. The molecule has 5 N–H and O–H groups in total. The van der Waals surface area contributed by atoms with E-state index in [-0.39, 0.29) is 16.5 Å². The van der Waals surface area contributed by atoms with Crippen LogP contribution >= 0.6 is 0 Å². The lowest BCUT2D eigenvalue weighted by Gasteiger charge is -2.19. The summed E-state index contributed by atoms with van der Waals surface area (Å²) in [5, 5.41) is 0. The standard InChI is InChI=1S/C20H31N3O3S.2C2H6.CH5N/c1-7-8-9-10-11-22-19(21)23-27(24,25)18-14(3)13(2)17-16(15(18)4)12-20(5,6)26-17;3*1-2/h7H,1,8-12H2,2-6H3,(H3,21,22,23);2*1-2H3;2H2,1H3. The molecular weight excluding hydrogens is 436 g/mol. The van der Waals surface area contributed by atoms with Gasteiger partial charge in [0, 0.05) is 18.5 Å². The minimum Gasteiger partial charge on any atom is -0.487 e. The van der Waals surface area contributed by atoms with Gasteiger partial charge in [-0.05, 0) is 77.6 Å². The number of aliphatic imine (C=N–C) groups is 1. The monoisotopic (exact) mass is 484 g/mol. The molecule has 1 aliphatic heterocycles. The summed E-state index contributed by atoms with van der Waals surface area (Å²) in [4.78, 5) is 4.40. The number of benzene rings is 1. The lowest BCUT2D eigenvalue weighted by molar-refractivity contribution is 0.137. The summed E-state index contributed by atoms with van der Waals surface area (Å²) >= 11 is 0. The van der Waals surface area contributed by atoms with Crippen molar-refractivity contribution in [3.05, 3.63) is 34.9 Å². The van der Waals surface area contributed by atoms with Crippen LogP contribution in [0.15, 0.2) is 22.5 Å². The summed E-state index contributed by atoms with van der Waals surface area (Å²) < 4.78 is 34.5. The highest BCUT2D eigenvalue weighted by molar-refractivity contribution is 7.90. The van der Waals surface area contributed by atoms with Crippen LogP contribution in [0.5, 0.6) is 5.75 Å². The number of nitrogens with zero attached hydrogens (tertiary/aromatic N) is 1. The molecule has 0 bridgehead atoms. The normalized spacial score (nSPS) is 13.6. The highest BCUT2D eigenvalue weighted by Crippen LogP contribution is 2.43. The number of allylic oxidation sites excluding steroid dienone is 1. The number of nitrogens with two attached hydrogens (primary N) is 2. The van der Waals surface area contributed by atoms with Gasteiger partial charge in [0.25, 0.3) is 10.0 Å². The summed E-state index contributed by atoms with van der Waals surface area (Å²) in [5.74, 6) is 0.722. The van der Waals surface area contributed by atoms with E-state index in [4.69, 9.17) is 10.5 Å². The summed E-state index contributed by atoms with van der Waals surface area (Å²) in [6.45, 7) is 21.7. The molecule has 1 heterocycles. The largest absolute Gasteiger partial charge is 0.487 e. The van der Waals surface area contributed by atoms with Crippen molar-refractivity contribution in [1.82, 2.24) is 4.72 Å². The third-order valence-corrected chi connectivity index (χ3v) is 6.53. The van der Waals surface area contributed by atoms with Crippen molar-refractivity contribution in [2.75, 3.05) is 13.6 Å². The van der Waals surface area contributed by atoms with Crippen LogP contribution in [0.3, 0.4) is 0 Å². The SMILES string of the molecule is C=CCCCCN=C(N)NS(=O)(=O)c1c(C)c(C)c2c(c1C)CC(C)(C)O2.CC.CC.CN. The summed E-state index contributed by atoms with van der Waals surface area (Å²) in [5.41, 5.74) is 13.2. The van der Waals surface area contributed by atoms with Gasteiger partial charge in [0.1, 0.15) is 11.4 Å². The third-order valence-electron chi connectivity index (χ3n) is 4.90. The van der Waals surface area contributed by atoms with E-state index < -0.39 is 10.0 Å². The first-order valence-electron chi connectivity index (χ1n) is 11.8. The topological polar surface area (TPSA) is 120 Å². The molecule has 0 fully saturated rings. The number of nitrogens with one attached hydrogen (secondary N) is 1. The molecule has 0 aliphatic carbocycles. The van der Waals surface area contributed by atoms with Crippen molar-refractivity contribution in [3.8, 4) is 5.75 Å². The molecule has 192 valence electrons. The van der Waals surface area contributed by atoms with E-state index in [2.05, 4.69) is 22.0 Å². The molecule has 1 aromatic rings. The zero-order valence-electron chi connectivity index (χ0n) is 22.6. The van der Waals surface area contributed by atoms with Crippen LogP contribution in [0.4, 0.5) is 0 Å². The minimum atomic E-state index is -3.83. The van der Waals surface area contributed by atoms with Crippen LogP contribution in [-0.4, -0.2) is 33.6 Å². The summed E-state index contributed by atoms with van der Waals surface area (Å²) in [6.07, 6.45) is 5.21. The maximum absolute atomic E-state index is 13.0. The predicted octanol–water partition coefficient (Wildman–Crippen LogP) is 4.90. The second kappa shape index (κ2) is 15.7. The van der Waals surface area contributed by atoms with Crippen LogP contribution in [0, 0.1) is 20.8 Å². The van der Waals surface area contributed by atoms with Crippen molar-refractivity contribution in [2.45, 2.75) is 98.5 Å². The molecule has 0 saturated carbocycles. The van der Waals surface area contributed by atoms with E-state index in [0.717, 1.165) is 36.1 Å².